The minimum Gasteiger partial charge on any atom is -0.480 e. The van der Waals surface area contributed by atoms with Crippen molar-refractivity contribution in [2.24, 2.45) is 0 Å². The predicted molar refractivity (Wildman–Crippen MR) is 68.5 cm³/mol. The molecule has 0 saturated carbocycles. The van der Waals surface area contributed by atoms with Crippen LogP contribution in [0.3, 0.4) is 0 Å². The van der Waals surface area contributed by atoms with E-state index in [4.69, 9.17) is 4.42 Å². The van der Waals surface area contributed by atoms with Gasteiger partial charge in [0.15, 0.2) is 0 Å². The lowest BCUT2D eigenvalue weighted by molar-refractivity contribution is -0.140. The molecule has 1 aromatic heterocycles. The summed E-state index contributed by atoms with van der Waals surface area (Å²) in [5, 5.41) is 16.0. The van der Waals surface area contributed by atoms with E-state index >= 15 is 0 Å². The lowest BCUT2D eigenvalue weighted by Crippen LogP contribution is -2.44. The number of benzene rings is 1. The van der Waals surface area contributed by atoms with Gasteiger partial charge in [-0.3, -0.25) is 4.79 Å². The van der Waals surface area contributed by atoms with Crippen LogP contribution in [0.25, 0.3) is 11.0 Å². The summed E-state index contributed by atoms with van der Waals surface area (Å²) in [7, 11) is 3.37. The highest BCUT2D eigenvalue weighted by atomic mass is 16.4. The third-order valence-corrected chi connectivity index (χ3v) is 3.07. The first-order chi connectivity index (χ1) is 8.69. The Hall–Kier alpha value is -1.85. The van der Waals surface area contributed by atoms with Crippen molar-refractivity contribution < 1.29 is 14.3 Å². The van der Waals surface area contributed by atoms with E-state index in [0.717, 1.165) is 16.5 Å². The van der Waals surface area contributed by atoms with Gasteiger partial charge in [-0.2, -0.15) is 0 Å². The largest absolute Gasteiger partial charge is 0.480 e. The maximum atomic E-state index is 11.2. The van der Waals surface area contributed by atoms with Gasteiger partial charge in [0.2, 0.25) is 0 Å². The third-order valence-electron chi connectivity index (χ3n) is 3.07. The van der Waals surface area contributed by atoms with Gasteiger partial charge in [-0.25, -0.2) is 0 Å². The highest BCUT2D eigenvalue weighted by Crippen LogP contribution is 2.28. The lowest BCUT2D eigenvalue weighted by atomic mass is 9.99. The number of aliphatic carboxylic acids is 1. The molecule has 2 atom stereocenters. The normalized spacial score (nSPS) is 14.6. The number of furan rings is 1. The molecule has 0 spiro atoms. The molecule has 3 N–H and O–H groups in total. The molecule has 0 bridgehead atoms. The zero-order chi connectivity index (χ0) is 13.1. The van der Waals surface area contributed by atoms with E-state index in [1.807, 2.05) is 24.3 Å². The van der Waals surface area contributed by atoms with Crippen LogP contribution in [0.5, 0.6) is 0 Å². The van der Waals surface area contributed by atoms with Crippen LogP contribution >= 0.6 is 0 Å². The summed E-state index contributed by atoms with van der Waals surface area (Å²) in [4.78, 5) is 11.2. The summed E-state index contributed by atoms with van der Waals surface area (Å²) in [6, 6.07) is 6.51. The summed E-state index contributed by atoms with van der Waals surface area (Å²) in [5.74, 6) is -0.901. The van der Waals surface area contributed by atoms with Gasteiger partial charge in [0, 0.05) is 10.9 Å². The van der Waals surface area contributed by atoms with Crippen molar-refractivity contribution >= 4 is 16.9 Å². The highest BCUT2D eigenvalue weighted by molar-refractivity contribution is 5.83. The van der Waals surface area contributed by atoms with E-state index in [2.05, 4.69) is 10.6 Å². The minimum atomic E-state index is -0.901. The Kier molecular flexibility index (Phi) is 3.64. The third kappa shape index (κ3) is 2.10. The number of carbonyl (C=O) groups is 1. The SMILES string of the molecule is CNC(C(=O)O)C(NC)c1coc2ccccc12. The molecule has 1 heterocycles. The number of fused-ring (bicyclic) bond motifs is 1. The molecule has 18 heavy (non-hydrogen) atoms. The number of para-hydroxylation sites is 1. The van der Waals surface area contributed by atoms with Crippen molar-refractivity contribution in [3.8, 4) is 0 Å². The lowest BCUT2D eigenvalue weighted by Gasteiger charge is -2.22. The summed E-state index contributed by atoms with van der Waals surface area (Å²) in [5.41, 5.74) is 1.60. The molecule has 0 aliphatic carbocycles. The van der Waals surface area contributed by atoms with Gasteiger partial charge < -0.3 is 20.2 Å². The Morgan fingerprint density at radius 2 is 2.00 bits per heavy atom. The van der Waals surface area contributed by atoms with Crippen LogP contribution in [0.15, 0.2) is 34.9 Å². The quantitative estimate of drug-likeness (QED) is 0.745. The number of carboxylic acids is 1. The fraction of sp³-hybridized carbons (Fsp3) is 0.308. The highest BCUT2D eigenvalue weighted by Gasteiger charge is 2.29. The summed E-state index contributed by atoms with van der Waals surface area (Å²) in [6.45, 7) is 0. The van der Waals surface area contributed by atoms with Crippen molar-refractivity contribution in [3.63, 3.8) is 0 Å². The van der Waals surface area contributed by atoms with Gasteiger partial charge in [0.1, 0.15) is 11.6 Å². The van der Waals surface area contributed by atoms with Crippen molar-refractivity contribution in [1.29, 1.82) is 0 Å². The molecule has 0 fully saturated rings. The van der Waals surface area contributed by atoms with Crippen molar-refractivity contribution in [2.45, 2.75) is 12.1 Å². The minimum absolute atomic E-state index is 0.351. The summed E-state index contributed by atoms with van der Waals surface area (Å²) >= 11 is 0. The van der Waals surface area contributed by atoms with Gasteiger partial charge in [0.05, 0.1) is 12.3 Å². The molecule has 0 amide bonds. The molecule has 0 saturated heterocycles. The Morgan fingerprint density at radius 1 is 1.28 bits per heavy atom. The van der Waals surface area contributed by atoms with Crippen LogP contribution in [0.4, 0.5) is 0 Å². The number of rotatable bonds is 5. The van der Waals surface area contributed by atoms with Crippen LogP contribution in [0.2, 0.25) is 0 Å². The second kappa shape index (κ2) is 5.20. The fourth-order valence-corrected chi connectivity index (χ4v) is 2.17. The van der Waals surface area contributed by atoms with Crippen LogP contribution in [0, 0.1) is 0 Å². The number of hydrogen-bond acceptors (Lipinski definition) is 4. The molecular weight excluding hydrogens is 232 g/mol. The topological polar surface area (TPSA) is 74.5 Å². The fourth-order valence-electron chi connectivity index (χ4n) is 2.17. The molecule has 0 aliphatic heterocycles. The molecule has 1 aromatic carbocycles. The molecular formula is C13H16N2O3. The smallest absolute Gasteiger partial charge is 0.322 e. The summed E-state index contributed by atoms with van der Waals surface area (Å²) < 4.78 is 5.45. The van der Waals surface area contributed by atoms with Crippen LogP contribution in [-0.2, 0) is 4.79 Å². The second-order valence-corrected chi connectivity index (χ2v) is 4.06. The molecule has 0 aliphatic rings. The molecule has 96 valence electrons. The maximum absolute atomic E-state index is 11.2. The molecule has 2 unspecified atom stereocenters. The van der Waals surface area contributed by atoms with Gasteiger partial charge in [-0.1, -0.05) is 18.2 Å². The average molecular weight is 248 g/mol. The number of likely N-dealkylation sites (N-methyl/N-ethyl adjacent to an activating group) is 2. The van der Waals surface area contributed by atoms with Gasteiger partial charge in [0.25, 0.3) is 0 Å². The first kappa shape index (κ1) is 12.6. The van der Waals surface area contributed by atoms with Crippen LogP contribution < -0.4 is 10.6 Å². The summed E-state index contributed by atoms with van der Waals surface area (Å²) in [6.07, 6.45) is 1.61. The molecule has 0 radical (unpaired) electrons. The maximum Gasteiger partial charge on any atom is 0.322 e. The Bertz CT molecular complexity index is 550. The number of nitrogens with one attached hydrogen (secondary N) is 2. The standard InChI is InChI=1S/C13H16N2O3/c1-14-11(12(15-2)13(16)17)9-7-18-10-6-4-3-5-8(9)10/h3-7,11-12,14-15H,1-2H3,(H,16,17). The van der Waals surface area contributed by atoms with Crippen LogP contribution in [-0.4, -0.2) is 31.2 Å². The first-order valence-corrected chi connectivity index (χ1v) is 5.72. The van der Waals surface area contributed by atoms with Gasteiger partial charge in [-0.15, -0.1) is 0 Å². The van der Waals surface area contributed by atoms with Crippen molar-refractivity contribution in [1.82, 2.24) is 10.6 Å². The molecule has 2 rings (SSSR count). The van der Waals surface area contributed by atoms with E-state index in [9.17, 15) is 9.90 Å². The number of hydrogen-bond donors (Lipinski definition) is 3. The van der Waals surface area contributed by atoms with E-state index in [1.165, 1.54) is 0 Å². The number of carboxylic acid groups (broad SMARTS) is 1. The Balaban J connectivity index is 2.47. The van der Waals surface area contributed by atoms with E-state index in [0.29, 0.717) is 0 Å². The molecule has 5 heteroatoms. The Labute approximate surface area is 105 Å². The van der Waals surface area contributed by atoms with Crippen molar-refractivity contribution in [2.75, 3.05) is 14.1 Å². The Morgan fingerprint density at radius 3 is 2.61 bits per heavy atom. The average Bonchev–Trinajstić information content (AvgIpc) is 2.79. The predicted octanol–water partition coefficient (Wildman–Crippen LogP) is 1.37. The monoisotopic (exact) mass is 248 g/mol. The molecule has 5 nitrogen and oxygen atoms in total. The van der Waals surface area contributed by atoms with E-state index < -0.39 is 12.0 Å². The zero-order valence-corrected chi connectivity index (χ0v) is 10.3. The zero-order valence-electron chi connectivity index (χ0n) is 10.3. The van der Waals surface area contributed by atoms with Crippen molar-refractivity contribution in [3.05, 3.63) is 36.1 Å². The van der Waals surface area contributed by atoms with E-state index in [-0.39, 0.29) is 6.04 Å². The first-order valence-electron chi connectivity index (χ1n) is 5.72. The second-order valence-electron chi connectivity index (χ2n) is 4.06. The van der Waals surface area contributed by atoms with E-state index in [1.54, 1.807) is 20.4 Å². The van der Waals surface area contributed by atoms with Crippen LogP contribution in [0.1, 0.15) is 11.6 Å². The van der Waals surface area contributed by atoms with Gasteiger partial charge in [-0.05, 0) is 20.2 Å². The molecule has 2 aromatic rings. The van der Waals surface area contributed by atoms with Gasteiger partial charge >= 0.3 is 5.97 Å².